The average Bonchev–Trinajstić information content (AvgIpc) is 3.67. The number of aliphatic hydroxyl groups excluding tert-OH is 7. The summed E-state index contributed by atoms with van der Waals surface area (Å²) in [5, 5.41) is 76.5. The summed E-state index contributed by atoms with van der Waals surface area (Å²) < 4.78 is 11.2. The molecule has 0 aliphatic carbocycles. The highest BCUT2D eigenvalue weighted by Gasteiger charge is 2.44. The van der Waals surface area contributed by atoms with E-state index in [-0.39, 0.29) is 12.8 Å². The molecule has 1 amide bonds. The maximum absolute atomic E-state index is 13.3. The second-order valence-electron chi connectivity index (χ2n) is 26.0. The molecule has 0 aromatic rings. The summed E-state index contributed by atoms with van der Waals surface area (Å²) in [6.45, 7) is 3.50. The van der Waals surface area contributed by atoms with Gasteiger partial charge in [0.05, 0.1) is 25.4 Å². The minimum atomic E-state index is -1.67. The van der Waals surface area contributed by atoms with Crippen molar-refractivity contribution in [2.24, 2.45) is 0 Å². The van der Waals surface area contributed by atoms with Gasteiger partial charge in [0.25, 0.3) is 0 Å². The van der Waals surface area contributed by atoms with Gasteiger partial charge >= 0.3 is 0 Å². The van der Waals surface area contributed by atoms with Crippen LogP contribution in [-0.4, -0.2) is 110 Å². The minimum Gasteiger partial charge on any atom is -0.394 e. The molecule has 0 spiro atoms. The topological polar surface area (TPSA) is 189 Å². The van der Waals surface area contributed by atoms with Crippen LogP contribution in [0.1, 0.15) is 361 Å². The van der Waals surface area contributed by atoms with Crippen molar-refractivity contribution in [1.29, 1.82) is 0 Å². The maximum atomic E-state index is 13.3. The number of allylic oxidation sites excluding steroid dienone is 6. The third-order valence-electron chi connectivity index (χ3n) is 17.9. The van der Waals surface area contributed by atoms with Crippen LogP contribution in [0.3, 0.4) is 0 Å². The summed E-state index contributed by atoms with van der Waals surface area (Å²) in [7, 11) is 0. The monoisotopic (exact) mass is 1200 g/mol. The summed E-state index contributed by atoms with van der Waals surface area (Å²) in [6.07, 6.45) is 69.6. The molecule has 85 heavy (non-hydrogen) atoms. The van der Waals surface area contributed by atoms with Gasteiger partial charge in [-0.3, -0.25) is 4.79 Å². The van der Waals surface area contributed by atoms with Crippen LogP contribution >= 0.6 is 0 Å². The van der Waals surface area contributed by atoms with E-state index >= 15 is 0 Å². The number of amides is 1. The Kier molecular flexibility index (Phi) is 59.8. The molecule has 0 aromatic heterocycles. The van der Waals surface area contributed by atoms with Crippen LogP contribution in [0.5, 0.6) is 0 Å². The van der Waals surface area contributed by atoms with Crippen molar-refractivity contribution in [2.75, 3.05) is 13.2 Å². The van der Waals surface area contributed by atoms with Crippen molar-refractivity contribution in [3.8, 4) is 0 Å². The predicted octanol–water partition coefficient (Wildman–Crippen LogP) is 18.1. The first-order valence-corrected chi connectivity index (χ1v) is 36.9. The molecule has 9 atom stereocenters. The number of carbonyl (C=O) groups excluding carboxylic acids is 1. The number of rotatable bonds is 65. The Hall–Kier alpha value is -1.67. The van der Waals surface area contributed by atoms with Gasteiger partial charge in [0, 0.05) is 0 Å². The Bertz CT molecular complexity index is 1480. The molecule has 1 heterocycles. The molecule has 9 unspecified atom stereocenters. The molecule has 502 valence electrons. The number of carbonyl (C=O) groups is 1. The first-order valence-electron chi connectivity index (χ1n) is 36.9. The number of hydrogen-bond donors (Lipinski definition) is 8. The first-order chi connectivity index (χ1) is 41.7. The lowest BCUT2D eigenvalue weighted by atomic mass is 9.98. The lowest BCUT2D eigenvalue weighted by molar-refractivity contribution is -0.303. The van der Waals surface area contributed by atoms with Gasteiger partial charge in [-0.25, -0.2) is 0 Å². The molecule has 11 nitrogen and oxygen atoms in total. The van der Waals surface area contributed by atoms with Crippen molar-refractivity contribution in [2.45, 2.75) is 416 Å². The van der Waals surface area contributed by atoms with Crippen molar-refractivity contribution in [3.05, 3.63) is 36.5 Å². The molecule has 0 bridgehead atoms. The van der Waals surface area contributed by atoms with Crippen LogP contribution in [0.4, 0.5) is 0 Å². The van der Waals surface area contributed by atoms with E-state index in [0.717, 1.165) is 44.9 Å². The van der Waals surface area contributed by atoms with Gasteiger partial charge in [-0.05, 0) is 64.2 Å². The second-order valence-corrected chi connectivity index (χ2v) is 26.0. The third-order valence-corrected chi connectivity index (χ3v) is 17.9. The zero-order valence-electron chi connectivity index (χ0n) is 55.6. The number of nitrogens with one attached hydrogen (secondary N) is 1. The highest BCUT2D eigenvalue weighted by atomic mass is 16.7. The molecule has 1 fully saturated rings. The van der Waals surface area contributed by atoms with E-state index in [0.29, 0.717) is 19.3 Å². The SMILES string of the molecule is CCCCCCCCCCCCCCCCC/C=C/CC/C=C/CC/C=C/CCCC(O)C(O)C(COC1OC(CO)C(O)C(O)C1O)NC(=O)C(O)CCCCCCCCCCCCCCCCCCCCCCCCCCCCCCCC. The summed E-state index contributed by atoms with van der Waals surface area (Å²) in [5.41, 5.74) is 0. The van der Waals surface area contributed by atoms with E-state index < -0.39 is 74.2 Å². The third kappa shape index (κ3) is 49.8. The maximum Gasteiger partial charge on any atom is 0.249 e. The number of ether oxygens (including phenoxy) is 2. The molecule has 1 rings (SSSR count). The van der Waals surface area contributed by atoms with E-state index in [2.05, 4.69) is 55.6 Å². The van der Waals surface area contributed by atoms with E-state index in [1.165, 1.54) is 270 Å². The largest absolute Gasteiger partial charge is 0.394 e. The smallest absolute Gasteiger partial charge is 0.249 e. The second kappa shape index (κ2) is 62.5. The molecule has 1 aliphatic rings. The molecule has 11 heteroatoms. The van der Waals surface area contributed by atoms with Gasteiger partial charge < -0.3 is 50.5 Å². The van der Waals surface area contributed by atoms with Crippen LogP contribution < -0.4 is 5.32 Å². The minimum absolute atomic E-state index is 0.243. The van der Waals surface area contributed by atoms with Gasteiger partial charge in [-0.15, -0.1) is 0 Å². The van der Waals surface area contributed by atoms with Crippen molar-refractivity contribution >= 4 is 5.91 Å². The van der Waals surface area contributed by atoms with E-state index in [9.17, 15) is 40.5 Å². The fourth-order valence-corrected chi connectivity index (χ4v) is 12.0. The Morgan fingerprint density at radius 2 is 0.706 bits per heavy atom. The normalized spacial score (nSPS) is 19.0. The number of aliphatic hydroxyl groups is 7. The van der Waals surface area contributed by atoms with Crippen LogP contribution in [0.2, 0.25) is 0 Å². The van der Waals surface area contributed by atoms with Crippen molar-refractivity contribution in [1.82, 2.24) is 5.32 Å². The Morgan fingerprint density at radius 1 is 0.400 bits per heavy atom. The van der Waals surface area contributed by atoms with Gasteiger partial charge in [-0.1, -0.05) is 333 Å². The number of unbranched alkanes of at least 4 members (excludes halogenated alkanes) is 47. The van der Waals surface area contributed by atoms with Crippen molar-refractivity contribution in [3.63, 3.8) is 0 Å². The molecule has 0 saturated carbocycles. The predicted molar refractivity (Wildman–Crippen MR) is 358 cm³/mol. The number of hydrogen-bond acceptors (Lipinski definition) is 10. The fourth-order valence-electron chi connectivity index (χ4n) is 12.0. The molecular weight excluding hydrogens is 1060 g/mol. The highest BCUT2D eigenvalue weighted by Crippen LogP contribution is 2.24. The quantitative estimate of drug-likeness (QED) is 0.0215. The molecule has 1 aliphatic heterocycles. The van der Waals surface area contributed by atoms with Gasteiger partial charge in [0.1, 0.15) is 36.6 Å². The molecule has 8 N–H and O–H groups in total. The van der Waals surface area contributed by atoms with Gasteiger partial charge in [0.15, 0.2) is 6.29 Å². The van der Waals surface area contributed by atoms with E-state index in [1.807, 2.05) is 0 Å². The van der Waals surface area contributed by atoms with Gasteiger partial charge in [0.2, 0.25) is 5.91 Å². The zero-order chi connectivity index (χ0) is 61.7. The molecule has 0 aromatic carbocycles. The summed E-state index contributed by atoms with van der Waals surface area (Å²) >= 11 is 0. The summed E-state index contributed by atoms with van der Waals surface area (Å²) in [4.78, 5) is 13.3. The van der Waals surface area contributed by atoms with E-state index in [4.69, 9.17) is 9.47 Å². The van der Waals surface area contributed by atoms with Crippen LogP contribution in [0.15, 0.2) is 36.5 Å². The van der Waals surface area contributed by atoms with Crippen molar-refractivity contribution < 1.29 is 50.0 Å². The lowest BCUT2D eigenvalue weighted by Crippen LogP contribution is -2.60. The Balaban J connectivity index is 2.21. The molecule has 1 saturated heterocycles. The highest BCUT2D eigenvalue weighted by molar-refractivity contribution is 5.80. The summed E-state index contributed by atoms with van der Waals surface area (Å²) in [5.74, 6) is -0.705. The van der Waals surface area contributed by atoms with Crippen LogP contribution in [0, 0.1) is 0 Å². The molecule has 0 radical (unpaired) electrons. The van der Waals surface area contributed by atoms with Crippen LogP contribution in [-0.2, 0) is 14.3 Å². The fraction of sp³-hybridized carbons (Fsp3) is 0.905. The zero-order valence-corrected chi connectivity index (χ0v) is 55.6. The first kappa shape index (κ1) is 81.3. The average molecular weight is 1200 g/mol. The van der Waals surface area contributed by atoms with Gasteiger partial charge in [-0.2, -0.15) is 0 Å². The summed E-state index contributed by atoms with van der Waals surface area (Å²) in [6, 6.07) is -1.19. The van der Waals surface area contributed by atoms with E-state index in [1.54, 1.807) is 0 Å². The molecular formula is C74H141NO10. The van der Waals surface area contributed by atoms with Crippen LogP contribution in [0.25, 0.3) is 0 Å². The Labute approximate surface area is 524 Å². The Morgan fingerprint density at radius 3 is 1.05 bits per heavy atom. The lowest BCUT2D eigenvalue weighted by Gasteiger charge is -2.40. The standard InChI is InChI=1S/C74H141NO10/c1-3-5-7-9-11-13-15-17-19-21-23-25-27-29-31-33-34-36-38-40-42-44-46-48-50-52-54-56-58-60-62-67(78)73(83)75-65(64-84-74-72(82)71(81)70(80)68(63-76)85-74)69(79)66(77)61-59-57-55-53-51-49-47-45-43-41-39-37-35-32-30-28-26-24-22-20-18-16-14-12-10-8-6-4-2/h37,39,45,47,53,55,65-72,74,76-82H,3-36,38,40-44,46,48-52,54,56-64H2,1-2H3,(H,75,83)/b39-37+,47-45+,55-53+.